The van der Waals surface area contributed by atoms with Crippen molar-refractivity contribution in [3.05, 3.63) is 138 Å². The summed E-state index contributed by atoms with van der Waals surface area (Å²) in [6, 6.07) is 30.0. The first-order valence-corrected chi connectivity index (χ1v) is 20.3. The number of nitrogens with one attached hydrogen (secondary N) is 4. The minimum Gasteiger partial charge on any atom is -0.445 e. The van der Waals surface area contributed by atoms with E-state index in [1.54, 1.807) is 11.1 Å². The number of fused-ring (bicyclic) bond motifs is 1. The number of imidazole rings is 1. The molecule has 4 aromatic carbocycles. The molecule has 6 rings (SSSR count). The molecular weight excluding hydrogens is 747 g/mol. The van der Waals surface area contributed by atoms with E-state index in [4.69, 9.17) is 4.74 Å². The Morgan fingerprint density at radius 1 is 0.763 bits per heavy atom. The number of piperazine rings is 1. The van der Waals surface area contributed by atoms with E-state index in [1.165, 1.54) is 11.9 Å². The third kappa shape index (κ3) is 12.7. The predicted molar refractivity (Wildman–Crippen MR) is 226 cm³/mol. The number of aliphatic hydroxyl groups excluding tert-OH is 1. The Labute approximate surface area is 345 Å². The van der Waals surface area contributed by atoms with Crippen molar-refractivity contribution in [2.45, 2.75) is 76.9 Å². The molecule has 1 aliphatic rings. The van der Waals surface area contributed by atoms with Crippen molar-refractivity contribution >= 4 is 34.6 Å². The van der Waals surface area contributed by atoms with Gasteiger partial charge in [-0.25, -0.2) is 9.78 Å². The van der Waals surface area contributed by atoms with Crippen molar-refractivity contribution < 1.29 is 29.0 Å². The standard InChI is InChI=1S/C46H55N7O6/c1-32(2)24-39(42(54)27-43(55)53-22-20-52(21-23-53)29-33-12-5-3-6-13-33)49-45(57)41(26-37-28-47-31-48-37)50-44(56)40(51-46(58)59-30-34-14-7-4-8-15-34)25-36-18-11-17-35-16-9-10-19-38(35)36/h3-19,28,31-32,39-42,54H,20-27,29-30H2,1-2H3,(H,47,48)(H,49,57)(H,50,56)(H,51,58)/t39?,40-,41-,42?/m1/s1. The number of alkyl carbamates (subject to hydrolysis) is 1. The van der Waals surface area contributed by atoms with Crippen LogP contribution in [0.5, 0.6) is 0 Å². The van der Waals surface area contributed by atoms with Crippen LogP contribution in [-0.2, 0) is 45.1 Å². The van der Waals surface area contributed by atoms with Crippen LogP contribution in [0.2, 0.25) is 0 Å². The maximum absolute atomic E-state index is 14.3. The number of nitrogens with zero attached hydrogens (tertiary/aromatic N) is 3. The average molecular weight is 802 g/mol. The first kappa shape index (κ1) is 42.6. The van der Waals surface area contributed by atoms with Crippen LogP contribution in [0.3, 0.4) is 0 Å². The molecule has 0 radical (unpaired) electrons. The Morgan fingerprint density at radius 3 is 2.10 bits per heavy atom. The van der Waals surface area contributed by atoms with Crippen molar-refractivity contribution in [1.29, 1.82) is 0 Å². The van der Waals surface area contributed by atoms with E-state index in [0.29, 0.717) is 25.2 Å². The highest BCUT2D eigenvalue weighted by Crippen LogP contribution is 2.21. The average Bonchev–Trinajstić information content (AvgIpc) is 3.76. The van der Waals surface area contributed by atoms with Crippen molar-refractivity contribution in [2.75, 3.05) is 26.2 Å². The summed E-state index contributed by atoms with van der Waals surface area (Å²) in [6.07, 6.45) is 1.50. The molecule has 4 amide bonds. The second-order valence-corrected chi connectivity index (χ2v) is 15.6. The molecule has 1 aromatic heterocycles. The van der Waals surface area contributed by atoms with Gasteiger partial charge in [0.15, 0.2) is 0 Å². The van der Waals surface area contributed by atoms with E-state index in [-0.39, 0.29) is 37.7 Å². The van der Waals surface area contributed by atoms with E-state index in [2.05, 4.69) is 43.0 Å². The summed E-state index contributed by atoms with van der Waals surface area (Å²) in [5.74, 6) is -1.25. The van der Waals surface area contributed by atoms with E-state index in [9.17, 15) is 24.3 Å². The van der Waals surface area contributed by atoms with Crippen molar-refractivity contribution in [3.8, 4) is 0 Å². The number of carbonyl (C=O) groups excluding carboxylic acids is 4. The van der Waals surface area contributed by atoms with Gasteiger partial charge >= 0.3 is 6.09 Å². The molecule has 2 heterocycles. The van der Waals surface area contributed by atoms with Crippen LogP contribution in [0.15, 0.2) is 116 Å². The molecule has 1 aliphatic heterocycles. The predicted octanol–water partition coefficient (Wildman–Crippen LogP) is 4.75. The maximum Gasteiger partial charge on any atom is 0.408 e. The summed E-state index contributed by atoms with van der Waals surface area (Å²) in [7, 11) is 0. The summed E-state index contributed by atoms with van der Waals surface area (Å²) in [5, 5.41) is 22.0. The zero-order valence-corrected chi connectivity index (χ0v) is 33.8. The number of hydrogen-bond acceptors (Lipinski definition) is 8. The van der Waals surface area contributed by atoms with E-state index >= 15 is 0 Å². The molecule has 0 spiro atoms. The van der Waals surface area contributed by atoms with Gasteiger partial charge in [-0.1, -0.05) is 117 Å². The molecule has 13 heteroatoms. The number of aromatic nitrogens is 2. The molecular formula is C46H55N7O6. The van der Waals surface area contributed by atoms with E-state index in [1.807, 2.05) is 105 Å². The minimum atomic E-state index is -1.17. The van der Waals surface area contributed by atoms with Gasteiger partial charge < -0.3 is 35.7 Å². The van der Waals surface area contributed by atoms with Gasteiger partial charge in [-0.3, -0.25) is 19.3 Å². The van der Waals surface area contributed by atoms with Gasteiger partial charge in [-0.05, 0) is 39.8 Å². The van der Waals surface area contributed by atoms with Crippen LogP contribution in [0.1, 0.15) is 49.1 Å². The second kappa shape index (κ2) is 21.1. The molecule has 4 atom stereocenters. The number of ether oxygens (including phenoxy) is 1. The van der Waals surface area contributed by atoms with Gasteiger partial charge in [0.2, 0.25) is 17.7 Å². The van der Waals surface area contributed by atoms with Crippen LogP contribution in [-0.4, -0.2) is 99.1 Å². The maximum atomic E-state index is 14.3. The topological polar surface area (TPSA) is 169 Å². The largest absolute Gasteiger partial charge is 0.445 e. The number of rotatable bonds is 18. The lowest BCUT2D eigenvalue weighted by Gasteiger charge is -2.36. The normalized spacial score (nSPS) is 15.2. The third-order valence-corrected chi connectivity index (χ3v) is 10.6. The lowest BCUT2D eigenvalue weighted by molar-refractivity contribution is -0.136. The van der Waals surface area contributed by atoms with Crippen molar-refractivity contribution in [2.24, 2.45) is 5.92 Å². The van der Waals surface area contributed by atoms with Crippen molar-refractivity contribution in [3.63, 3.8) is 0 Å². The molecule has 2 unspecified atom stereocenters. The number of H-pyrrole nitrogens is 1. The zero-order chi connectivity index (χ0) is 41.6. The smallest absolute Gasteiger partial charge is 0.408 e. The molecule has 310 valence electrons. The highest BCUT2D eigenvalue weighted by atomic mass is 16.5. The number of hydrogen-bond donors (Lipinski definition) is 5. The van der Waals surface area contributed by atoms with Gasteiger partial charge in [-0.15, -0.1) is 0 Å². The van der Waals surface area contributed by atoms with Crippen LogP contribution in [0.4, 0.5) is 4.79 Å². The molecule has 0 saturated carbocycles. The van der Waals surface area contributed by atoms with E-state index < -0.39 is 42.1 Å². The lowest BCUT2D eigenvalue weighted by atomic mass is 9.96. The minimum absolute atomic E-state index is 0.00661. The van der Waals surface area contributed by atoms with Crippen LogP contribution < -0.4 is 16.0 Å². The Hall–Kier alpha value is -6.05. The summed E-state index contributed by atoms with van der Waals surface area (Å²) >= 11 is 0. The van der Waals surface area contributed by atoms with Gasteiger partial charge in [0.1, 0.15) is 18.7 Å². The quantitative estimate of drug-likeness (QED) is 0.0846. The number of aromatic amines is 1. The fourth-order valence-electron chi connectivity index (χ4n) is 7.46. The fourth-order valence-corrected chi connectivity index (χ4v) is 7.46. The molecule has 5 N–H and O–H groups in total. The third-order valence-electron chi connectivity index (χ3n) is 10.6. The first-order chi connectivity index (χ1) is 28.6. The summed E-state index contributed by atoms with van der Waals surface area (Å²) in [5.41, 5.74) is 3.42. The summed E-state index contributed by atoms with van der Waals surface area (Å²) in [6.45, 7) is 7.30. The SMILES string of the molecule is CC(C)CC(NC(=O)[C@@H](Cc1cnc[nH]1)NC(=O)[C@@H](Cc1cccc2ccccc12)NC(=O)OCc1ccccc1)C(O)CC(=O)N1CCN(Cc2ccccc2)CC1. The molecule has 0 bridgehead atoms. The Balaban J connectivity index is 1.14. The van der Waals surface area contributed by atoms with Crippen LogP contribution in [0, 0.1) is 5.92 Å². The molecule has 5 aromatic rings. The Morgan fingerprint density at radius 2 is 1.41 bits per heavy atom. The van der Waals surface area contributed by atoms with Gasteiger partial charge in [0.05, 0.1) is 24.9 Å². The molecule has 13 nitrogen and oxygen atoms in total. The molecule has 59 heavy (non-hydrogen) atoms. The Kier molecular flexibility index (Phi) is 15.2. The first-order valence-electron chi connectivity index (χ1n) is 20.3. The van der Waals surface area contributed by atoms with Crippen LogP contribution in [0.25, 0.3) is 10.8 Å². The van der Waals surface area contributed by atoms with Crippen molar-refractivity contribution in [1.82, 2.24) is 35.7 Å². The number of carbonyl (C=O) groups is 4. The van der Waals surface area contributed by atoms with E-state index in [0.717, 1.165) is 41.5 Å². The zero-order valence-electron chi connectivity index (χ0n) is 33.8. The van der Waals surface area contributed by atoms with Gasteiger partial charge in [0.25, 0.3) is 0 Å². The monoisotopic (exact) mass is 801 g/mol. The summed E-state index contributed by atoms with van der Waals surface area (Å²) < 4.78 is 5.51. The van der Waals surface area contributed by atoms with Gasteiger partial charge in [-0.2, -0.15) is 0 Å². The van der Waals surface area contributed by atoms with Crippen LogP contribution >= 0.6 is 0 Å². The number of benzene rings is 4. The second-order valence-electron chi connectivity index (χ2n) is 15.6. The number of amides is 4. The van der Waals surface area contributed by atoms with Gasteiger partial charge in [0, 0.05) is 57.5 Å². The fraction of sp³-hybridized carbons (Fsp3) is 0.370. The Bertz CT molecular complexity index is 2100. The highest BCUT2D eigenvalue weighted by molar-refractivity contribution is 5.93. The number of aliphatic hydroxyl groups is 1. The molecule has 1 saturated heterocycles. The molecule has 1 fully saturated rings. The summed E-state index contributed by atoms with van der Waals surface area (Å²) in [4.78, 5) is 66.4. The highest BCUT2D eigenvalue weighted by Gasteiger charge is 2.33. The molecule has 0 aliphatic carbocycles. The lowest BCUT2D eigenvalue weighted by Crippen LogP contribution is -2.57.